The molecular weight excluding hydrogens is 282 g/mol. The number of aliphatic hydroxyl groups is 1. The highest BCUT2D eigenvalue weighted by Crippen LogP contribution is 2.23. The SMILES string of the molecule is Cn1cnc2cc(C(O)CN3CCCC(C(=O)O)C3)ccc21. The first-order chi connectivity index (χ1) is 10.5. The summed E-state index contributed by atoms with van der Waals surface area (Å²) in [7, 11) is 1.94. The Morgan fingerprint density at radius 1 is 1.50 bits per heavy atom. The van der Waals surface area contributed by atoms with Crippen LogP contribution in [0.4, 0.5) is 0 Å². The smallest absolute Gasteiger partial charge is 0.307 e. The maximum absolute atomic E-state index is 11.1. The molecule has 22 heavy (non-hydrogen) atoms. The fourth-order valence-electron chi connectivity index (χ4n) is 3.13. The number of carboxylic acid groups (broad SMARTS) is 1. The Morgan fingerprint density at radius 3 is 3.09 bits per heavy atom. The highest BCUT2D eigenvalue weighted by Gasteiger charge is 2.26. The molecule has 0 radical (unpaired) electrons. The van der Waals surface area contributed by atoms with E-state index in [9.17, 15) is 9.90 Å². The van der Waals surface area contributed by atoms with E-state index in [1.165, 1.54) is 0 Å². The predicted molar refractivity (Wildman–Crippen MR) is 82.5 cm³/mol. The van der Waals surface area contributed by atoms with Crippen LogP contribution in [-0.4, -0.2) is 50.3 Å². The second-order valence-corrected chi connectivity index (χ2v) is 6.06. The molecule has 0 spiro atoms. The van der Waals surface area contributed by atoms with E-state index in [0.717, 1.165) is 36.0 Å². The number of aromatic nitrogens is 2. The lowest BCUT2D eigenvalue weighted by molar-refractivity contribution is -0.143. The number of aryl methyl sites for hydroxylation is 1. The van der Waals surface area contributed by atoms with E-state index in [-0.39, 0.29) is 5.92 Å². The largest absolute Gasteiger partial charge is 0.481 e. The molecule has 0 saturated carbocycles. The lowest BCUT2D eigenvalue weighted by Gasteiger charge is -2.32. The van der Waals surface area contributed by atoms with Crippen molar-refractivity contribution in [1.29, 1.82) is 0 Å². The first-order valence-corrected chi connectivity index (χ1v) is 7.59. The summed E-state index contributed by atoms with van der Waals surface area (Å²) in [4.78, 5) is 17.4. The molecule has 2 N–H and O–H groups in total. The molecule has 2 aromatic rings. The third-order valence-electron chi connectivity index (χ3n) is 4.42. The first-order valence-electron chi connectivity index (χ1n) is 7.59. The van der Waals surface area contributed by atoms with Gasteiger partial charge < -0.3 is 14.8 Å². The summed E-state index contributed by atoms with van der Waals surface area (Å²) in [6.45, 7) is 1.81. The second kappa shape index (κ2) is 6.06. The van der Waals surface area contributed by atoms with Crippen LogP contribution in [0.5, 0.6) is 0 Å². The van der Waals surface area contributed by atoms with Crippen molar-refractivity contribution >= 4 is 17.0 Å². The van der Waals surface area contributed by atoms with Crippen molar-refractivity contribution in [3.8, 4) is 0 Å². The van der Waals surface area contributed by atoms with Crippen LogP contribution in [0.25, 0.3) is 11.0 Å². The number of nitrogens with zero attached hydrogens (tertiary/aromatic N) is 3. The quantitative estimate of drug-likeness (QED) is 0.892. The molecule has 1 aromatic heterocycles. The number of fused-ring (bicyclic) bond motifs is 1. The van der Waals surface area contributed by atoms with E-state index < -0.39 is 12.1 Å². The molecule has 0 aliphatic carbocycles. The van der Waals surface area contributed by atoms with Crippen LogP contribution < -0.4 is 0 Å². The molecular formula is C16H21N3O3. The van der Waals surface area contributed by atoms with E-state index in [4.69, 9.17) is 5.11 Å². The van der Waals surface area contributed by atoms with Gasteiger partial charge in [0.05, 0.1) is 29.4 Å². The summed E-state index contributed by atoms with van der Waals surface area (Å²) < 4.78 is 1.94. The summed E-state index contributed by atoms with van der Waals surface area (Å²) in [6, 6.07) is 5.77. The number of aliphatic hydroxyl groups excluding tert-OH is 1. The van der Waals surface area contributed by atoms with Crippen LogP contribution in [0.1, 0.15) is 24.5 Å². The monoisotopic (exact) mass is 303 g/mol. The van der Waals surface area contributed by atoms with Crippen molar-refractivity contribution in [2.45, 2.75) is 18.9 Å². The van der Waals surface area contributed by atoms with E-state index in [1.54, 1.807) is 6.33 Å². The Kier molecular flexibility index (Phi) is 4.13. The molecule has 0 amide bonds. The Balaban J connectivity index is 1.69. The van der Waals surface area contributed by atoms with Gasteiger partial charge in [-0.15, -0.1) is 0 Å². The first kappa shape index (κ1) is 15.0. The molecule has 2 heterocycles. The van der Waals surface area contributed by atoms with E-state index in [0.29, 0.717) is 13.1 Å². The van der Waals surface area contributed by atoms with Gasteiger partial charge >= 0.3 is 5.97 Å². The molecule has 1 fully saturated rings. The van der Waals surface area contributed by atoms with Crippen molar-refractivity contribution in [1.82, 2.24) is 14.5 Å². The number of hydrogen-bond acceptors (Lipinski definition) is 4. The van der Waals surface area contributed by atoms with Crippen LogP contribution in [0, 0.1) is 5.92 Å². The number of likely N-dealkylation sites (tertiary alicyclic amines) is 1. The molecule has 2 atom stereocenters. The van der Waals surface area contributed by atoms with Crippen molar-refractivity contribution in [3.63, 3.8) is 0 Å². The third-order valence-corrected chi connectivity index (χ3v) is 4.42. The molecule has 2 unspecified atom stereocenters. The number of rotatable bonds is 4. The van der Waals surface area contributed by atoms with Crippen molar-refractivity contribution < 1.29 is 15.0 Å². The van der Waals surface area contributed by atoms with Gasteiger partial charge in [0, 0.05) is 20.1 Å². The molecule has 6 heteroatoms. The summed E-state index contributed by atoms with van der Waals surface area (Å²) in [5.74, 6) is -1.06. The van der Waals surface area contributed by atoms with Crippen molar-refractivity contribution in [2.75, 3.05) is 19.6 Å². The Labute approximate surface area is 129 Å². The van der Waals surface area contributed by atoms with Gasteiger partial charge in [0.15, 0.2) is 0 Å². The van der Waals surface area contributed by atoms with Gasteiger partial charge in [0.1, 0.15) is 0 Å². The molecule has 1 aromatic carbocycles. The lowest BCUT2D eigenvalue weighted by atomic mass is 9.97. The molecule has 6 nitrogen and oxygen atoms in total. The minimum Gasteiger partial charge on any atom is -0.481 e. The van der Waals surface area contributed by atoms with E-state index in [2.05, 4.69) is 4.98 Å². The topological polar surface area (TPSA) is 78.6 Å². The normalized spacial score (nSPS) is 21.1. The fourth-order valence-corrected chi connectivity index (χ4v) is 3.13. The number of carbonyl (C=O) groups is 1. The number of benzene rings is 1. The number of carboxylic acids is 1. The number of hydrogen-bond donors (Lipinski definition) is 2. The molecule has 1 aliphatic rings. The van der Waals surface area contributed by atoms with Gasteiger partial charge in [0.25, 0.3) is 0 Å². The van der Waals surface area contributed by atoms with Crippen molar-refractivity contribution in [2.24, 2.45) is 13.0 Å². The van der Waals surface area contributed by atoms with Gasteiger partial charge in [-0.05, 0) is 37.1 Å². The van der Waals surface area contributed by atoms with Crippen molar-refractivity contribution in [3.05, 3.63) is 30.1 Å². The Bertz CT molecular complexity index is 682. The highest BCUT2D eigenvalue weighted by atomic mass is 16.4. The second-order valence-electron chi connectivity index (χ2n) is 6.06. The number of piperidine rings is 1. The summed E-state index contributed by atoms with van der Waals surface area (Å²) in [6.07, 6.45) is 2.72. The van der Waals surface area contributed by atoms with Gasteiger partial charge in [-0.1, -0.05) is 6.07 Å². The van der Waals surface area contributed by atoms with Crippen LogP contribution in [-0.2, 0) is 11.8 Å². The standard InChI is InChI=1S/C16H21N3O3/c1-18-10-17-13-7-11(4-5-14(13)18)15(20)9-19-6-2-3-12(8-19)16(21)22/h4-5,7,10,12,15,20H,2-3,6,8-9H2,1H3,(H,21,22). The zero-order valence-corrected chi connectivity index (χ0v) is 12.6. The zero-order chi connectivity index (χ0) is 15.7. The predicted octanol–water partition coefficient (Wildman–Crippen LogP) is 1.40. The maximum atomic E-state index is 11.1. The number of aliphatic carboxylic acids is 1. The van der Waals surface area contributed by atoms with Crippen LogP contribution in [0.15, 0.2) is 24.5 Å². The van der Waals surface area contributed by atoms with Gasteiger partial charge in [0.2, 0.25) is 0 Å². The van der Waals surface area contributed by atoms with Gasteiger partial charge in [-0.3, -0.25) is 9.69 Å². The van der Waals surface area contributed by atoms with Gasteiger partial charge in [-0.2, -0.15) is 0 Å². The highest BCUT2D eigenvalue weighted by molar-refractivity contribution is 5.76. The molecule has 1 saturated heterocycles. The number of β-amino-alcohol motifs (C(OH)–C–C–N with tert-alkyl or cyclic N) is 1. The molecule has 3 rings (SSSR count). The summed E-state index contributed by atoms with van der Waals surface area (Å²) in [5.41, 5.74) is 2.71. The lowest BCUT2D eigenvalue weighted by Crippen LogP contribution is -2.40. The minimum atomic E-state index is -0.742. The maximum Gasteiger partial charge on any atom is 0.307 e. The fraction of sp³-hybridized carbons (Fsp3) is 0.500. The Hall–Kier alpha value is -1.92. The van der Waals surface area contributed by atoms with Gasteiger partial charge in [-0.25, -0.2) is 4.98 Å². The third kappa shape index (κ3) is 2.98. The molecule has 1 aliphatic heterocycles. The molecule has 0 bridgehead atoms. The van der Waals surface area contributed by atoms with E-state index >= 15 is 0 Å². The van der Waals surface area contributed by atoms with E-state index in [1.807, 2.05) is 34.7 Å². The number of imidazole rings is 1. The summed E-state index contributed by atoms with van der Waals surface area (Å²) >= 11 is 0. The summed E-state index contributed by atoms with van der Waals surface area (Å²) in [5, 5.41) is 19.6. The van der Waals surface area contributed by atoms with Crippen LogP contribution >= 0.6 is 0 Å². The average molecular weight is 303 g/mol. The van der Waals surface area contributed by atoms with Crippen LogP contribution in [0.2, 0.25) is 0 Å². The van der Waals surface area contributed by atoms with Crippen LogP contribution in [0.3, 0.4) is 0 Å². The molecule has 118 valence electrons. The Morgan fingerprint density at radius 2 is 2.32 bits per heavy atom. The average Bonchev–Trinajstić information content (AvgIpc) is 2.88. The minimum absolute atomic E-state index is 0.320. The zero-order valence-electron chi connectivity index (χ0n) is 12.6.